The lowest BCUT2D eigenvalue weighted by molar-refractivity contribution is -0.136. The Kier molecular flexibility index (Phi) is 4.79. The van der Waals surface area contributed by atoms with Gasteiger partial charge in [0.1, 0.15) is 0 Å². The lowest BCUT2D eigenvalue weighted by atomic mass is 9.96. The molecule has 122 valence electrons. The number of carbonyl (C=O) groups is 1. The Balaban J connectivity index is 1.62. The van der Waals surface area contributed by atoms with Gasteiger partial charge in [-0.25, -0.2) is 0 Å². The summed E-state index contributed by atoms with van der Waals surface area (Å²) in [5.41, 5.74) is 0. The fourth-order valence-electron chi connectivity index (χ4n) is 3.69. The third-order valence-electron chi connectivity index (χ3n) is 4.86. The van der Waals surface area contributed by atoms with E-state index in [1.54, 1.807) is 0 Å². The highest BCUT2D eigenvalue weighted by Gasteiger charge is 2.32. The number of aromatic nitrogens is 2. The van der Waals surface area contributed by atoms with E-state index in [-0.39, 0.29) is 11.8 Å². The summed E-state index contributed by atoms with van der Waals surface area (Å²) in [6.07, 6.45) is 7.47. The maximum absolute atomic E-state index is 12.6. The average Bonchev–Trinajstić information content (AvgIpc) is 3.17. The molecule has 2 fully saturated rings. The second kappa shape index (κ2) is 6.80. The minimum absolute atomic E-state index is 0.215. The lowest BCUT2D eigenvalue weighted by Gasteiger charge is -2.32. The van der Waals surface area contributed by atoms with Crippen LogP contribution >= 0.6 is 0 Å². The Morgan fingerprint density at radius 3 is 2.77 bits per heavy atom. The molecule has 1 saturated carbocycles. The summed E-state index contributed by atoms with van der Waals surface area (Å²) >= 11 is 0. The third-order valence-corrected chi connectivity index (χ3v) is 4.86. The Morgan fingerprint density at radius 1 is 1.27 bits per heavy atom. The van der Waals surface area contributed by atoms with Crippen molar-refractivity contribution in [3.63, 3.8) is 0 Å². The number of hydrogen-bond acceptors (Lipinski definition) is 4. The standard InChI is InChI=1S/C17H27N3O2/c1-12(2)10-15-18-16(22-19-15)14-8-5-9-20(11-14)17(21)13-6-3-4-7-13/h12-14H,3-11H2,1-2H3/t14-/m0/s1. The predicted octanol–water partition coefficient (Wildman–Crippen LogP) is 3.16. The second-order valence-corrected chi connectivity index (χ2v) is 7.25. The van der Waals surface area contributed by atoms with Crippen molar-refractivity contribution in [2.45, 2.75) is 64.7 Å². The summed E-state index contributed by atoms with van der Waals surface area (Å²) in [5.74, 6) is 2.87. The molecule has 22 heavy (non-hydrogen) atoms. The summed E-state index contributed by atoms with van der Waals surface area (Å²) in [6.45, 7) is 5.94. The molecule has 0 spiro atoms. The van der Waals surface area contributed by atoms with Gasteiger partial charge in [-0.2, -0.15) is 4.98 Å². The van der Waals surface area contributed by atoms with Crippen LogP contribution in [0.1, 0.15) is 70.0 Å². The van der Waals surface area contributed by atoms with Gasteiger partial charge in [0, 0.05) is 25.4 Å². The zero-order valence-electron chi connectivity index (χ0n) is 13.8. The van der Waals surface area contributed by atoms with Gasteiger partial charge in [-0.3, -0.25) is 4.79 Å². The van der Waals surface area contributed by atoms with Crippen LogP contribution in [0.5, 0.6) is 0 Å². The quantitative estimate of drug-likeness (QED) is 0.857. The van der Waals surface area contributed by atoms with E-state index in [0.717, 1.165) is 56.9 Å². The van der Waals surface area contributed by atoms with Crippen LogP contribution < -0.4 is 0 Å². The van der Waals surface area contributed by atoms with Gasteiger partial charge in [0.15, 0.2) is 5.82 Å². The minimum Gasteiger partial charge on any atom is -0.342 e. The van der Waals surface area contributed by atoms with Crippen LogP contribution in [0, 0.1) is 11.8 Å². The number of nitrogens with zero attached hydrogens (tertiary/aromatic N) is 3. The first-order valence-electron chi connectivity index (χ1n) is 8.74. The van der Waals surface area contributed by atoms with E-state index in [0.29, 0.717) is 11.8 Å². The molecule has 1 saturated heterocycles. The Labute approximate surface area is 132 Å². The van der Waals surface area contributed by atoms with Crippen LogP contribution in [-0.4, -0.2) is 34.0 Å². The minimum atomic E-state index is 0.215. The van der Waals surface area contributed by atoms with Crippen molar-refractivity contribution in [1.82, 2.24) is 15.0 Å². The van der Waals surface area contributed by atoms with Crippen molar-refractivity contribution in [2.75, 3.05) is 13.1 Å². The molecule has 2 aliphatic rings. The maximum atomic E-state index is 12.6. The van der Waals surface area contributed by atoms with Gasteiger partial charge in [-0.1, -0.05) is 31.8 Å². The first-order chi connectivity index (χ1) is 10.6. The van der Waals surface area contributed by atoms with Gasteiger partial charge < -0.3 is 9.42 Å². The zero-order chi connectivity index (χ0) is 15.5. The molecule has 2 heterocycles. The van der Waals surface area contributed by atoms with Crippen LogP contribution in [0.25, 0.3) is 0 Å². The molecule has 1 aromatic rings. The van der Waals surface area contributed by atoms with Crippen molar-refractivity contribution in [3.8, 4) is 0 Å². The molecule has 1 aliphatic carbocycles. The van der Waals surface area contributed by atoms with Gasteiger partial charge in [-0.15, -0.1) is 0 Å². The van der Waals surface area contributed by atoms with E-state index in [1.165, 1.54) is 12.8 Å². The number of piperidine rings is 1. The Morgan fingerprint density at radius 2 is 2.05 bits per heavy atom. The van der Waals surface area contributed by atoms with E-state index >= 15 is 0 Å². The maximum Gasteiger partial charge on any atom is 0.231 e. The first kappa shape index (κ1) is 15.5. The largest absolute Gasteiger partial charge is 0.342 e. The van der Waals surface area contributed by atoms with Crippen molar-refractivity contribution < 1.29 is 9.32 Å². The Bertz CT molecular complexity index is 506. The summed E-state index contributed by atoms with van der Waals surface area (Å²) in [4.78, 5) is 19.2. The van der Waals surface area contributed by atoms with Crippen molar-refractivity contribution >= 4 is 5.91 Å². The highest BCUT2D eigenvalue weighted by Crippen LogP contribution is 2.31. The summed E-state index contributed by atoms with van der Waals surface area (Å²) < 4.78 is 5.46. The van der Waals surface area contributed by atoms with Crippen LogP contribution in [0.15, 0.2) is 4.52 Å². The highest BCUT2D eigenvalue weighted by molar-refractivity contribution is 5.79. The SMILES string of the molecule is CC(C)Cc1noc([C@H]2CCCN(C(=O)C3CCCC3)C2)n1. The predicted molar refractivity (Wildman–Crippen MR) is 83.4 cm³/mol. The summed E-state index contributed by atoms with van der Waals surface area (Å²) in [6, 6.07) is 0. The third kappa shape index (κ3) is 3.50. The molecule has 3 rings (SSSR count). The summed E-state index contributed by atoms with van der Waals surface area (Å²) in [7, 11) is 0. The Hall–Kier alpha value is -1.39. The van der Waals surface area contributed by atoms with E-state index in [1.807, 2.05) is 4.90 Å². The van der Waals surface area contributed by atoms with E-state index < -0.39 is 0 Å². The molecule has 0 unspecified atom stereocenters. The number of amides is 1. The second-order valence-electron chi connectivity index (χ2n) is 7.25. The van der Waals surface area contributed by atoms with E-state index in [2.05, 4.69) is 24.0 Å². The number of rotatable bonds is 4. The molecule has 5 heteroatoms. The normalized spacial score (nSPS) is 23.4. The number of carbonyl (C=O) groups excluding carboxylic acids is 1. The average molecular weight is 305 g/mol. The fourth-order valence-corrected chi connectivity index (χ4v) is 3.69. The molecular formula is C17H27N3O2. The molecule has 0 radical (unpaired) electrons. The molecule has 5 nitrogen and oxygen atoms in total. The van der Waals surface area contributed by atoms with Crippen LogP contribution in [0.3, 0.4) is 0 Å². The first-order valence-corrected chi connectivity index (χ1v) is 8.74. The van der Waals surface area contributed by atoms with Crippen molar-refractivity contribution in [3.05, 3.63) is 11.7 Å². The molecule has 0 bridgehead atoms. The smallest absolute Gasteiger partial charge is 0.231 e. The van der Waals surface area contributed by atoms with Crippen LogP contribution in [0.4, 0.5) is 0 Å². The highest BCUT2D eigenvalue weighted by atomic mass is 16.5. The molecule has 0 N–H and O–H groups in total. The zero-order valence-corrected chi connectivity index (χ0v) is 13.8. The molecule has 1 aliphatic heterocycles. The monoisotopic (exact) mass is 305 g/mol. The van der Waals surface area contributed by atoms with Gasteiger partial charge in [0.05, 0.1) is 5.92 Å². The molecule has 1 amide bonds. The summed E-state index contributed by atoms with van der Waals surface area (Å²) in [5, 5.41) is 4.09. The fraction of sp³-hybridized carbons (Fsp3) is 0.824. The molecule has 0 aromatic carbocycles. The van der Waals surface area contributed by atoms with Crippen molar-refractivity contribution in [1.29, 1.82) is 0 Å². The van der Waals surface area contributed by atoms with E-state index in [4.69, 9.17) is 4.52 Å². The molecule has 1 aromatic heterocycles. The van der Waals surface area contributed by atoms with Crippen LogP contribution in [0.2, 0.25) is 0 Å². The van der Waals surface area contributed by atoms with Crippen molar-refractivity contribution in [2.24, 2.45) is 11.8 Å². The lowest BCUT2D eigenvalue weighted by Crippen LogP contribution is -2.41. The van der Waals surface area contributed by atoms with Gasteiger partial charge in [0.2, 0.25) is 11.8 Å². The van der Waals surface area contributed by atoms with Gasteiger partial charge in [-0.05, 0) is 31.6 Å². The molecular weight excluding hydrogens is 278 g/mol. The number of hydrogen-bond donors (Lipinski definition) is 0. The van der Waals surface area contributed by atoms with Gasteiger partial charge >= 0.3 is 0 Å². The topological polar surface area (TPSA) is 59.2 Å². The van der Waals surface area contributed by atoms with Crippen LogP contribution in [-0.2, 0) is 11.2 Å². The van der Waals surface area contributed by atoms with E-state index in [9.17, 15) is 4.79 Å². The van der Waals surface area contributed by atoms with Gasteiger partial charge in [0.25, 0.3) is 0 Å². The molecule has 1 atom stereocenters. The number of likely N-dealkylation sites (tertiary alicyclic amines) is 1.